The summed E-state index contributed by atoms with van der Waals surface area (Å²) in [6, 6.07) is 7.65. The maximum atomic E-state index is 8.47. The number of ether oxygens (including phenoxy) is 2. The molecule has 0 aliphatic carbocycles. The van der Waals surface area contributed by atoms with Gasteiger partial charge in [-0.2, -0.15) is 5.26 Å². The monoisotopic (exact) mass is 220 g/mol. The highest BCUT2D eigenvalue weighted by Crippen LogP contribution is 2.28. The Bertz CT molecular complexity index is 383. The molecule has 16 heavy (non-hydrogen) atoms. The lowest BCUT2D eigenvalue weighted by Gasteiger charge is -2.11. The lowest BCUT2D eigenvalue weighted by atomic mass is 10.1. The van der Waals surface area contributed by atoms with Crippen molar-refractivity contribution in [1.29, 1.82) is 5.26 Å². The fourth-order valence-corrected chi connectivity index (χ4v) is 1.44. The van der Waals surface area contributed by atoms with Crippen molar-refractivity contribution in [1.82, 2.24) is 0 Å². The van der Waals surface area contributed by atoms with Crippen molar-refractivity contribution in [3.63, 3.8) is 0 Å². The third-order valence-electron chi connectivity index (χ3n) is 2.08. The molecule has 86 valence electrons. The van der Waals surface area contributed by atoms with Gasteiger partial charge >= 0.3 is 0 Å². The van der Waals surface area contributed by atoms with Crippen molar-refractivity contribution in [3.05, 3.63) is 23.8 Å². The number of hydrogen-bond donors (Lipinski definition) is 1. The van der Waals surface area contributed by atoms with Gasteiger partial charge in [-0.1, -0.05) is 6.07 Å². The summed E-state index contributed by atoms with van der Waals surface area (Å²) < 4.78 is 10.4. The highest BCUT2D eigenvalue weighted by atomic mass is 16.5. The van der Waals surface area contributed by atoms with E-state index in [1.54, 1.807) is 7.11 Å². The number of nitrogens with two attached hydrogens (primary N) is 1. The molecule has 0 saturated heterocycles. The summed E-state index contributed by atoms with van der Waals surface area (Å²) >= 11 is 0. The van der Waals surface area contributed by atoms with Crippen molar-refractivity contribution in [2.45, 2.75) is 19.4 Å². The van der Waals surface area contributed by atoms with Crippen molar-refractivity contribution < 1.29 is 9.47 Å². The van der Waals surface area contributed by atoms with Crippen LogP contribution < -0.4 is 15.2 Å². The summed E-state index contributed by atoms with van der Waals surface area (Å²) in [5.41, 5.74) is 6.79. The zero-order valence-electron chi connectivity index (χ0n) is 9.56. The summed E-state index contributed by atoms with van der Waals surface area (Å²) in [6.45, 7) is 1.96. The van der Waals surface area contributed by atoms with E-state index < -0.39 is 0 Å². The molecule has 0 radical (unpaired) electrons. The second-order valence-electron chi connectivity index (χ2n) is 3.61. The second-order valence-corrected chi connectivity index (χ2v) is 3.61. The standard InChI is InChI=1S/C12H16N2O2/c1-9(14)7-10-3-4-11(15-2)12(8-10)16-6-5-13/h3-4,8-9H,6-7,14H2,1-2H3. The van der Waals surface area contributed by atoms with Crippen molar-refractivity contribution in [2.24, 2.45) is 5.73 Å². The molecule has 0 fully saturated rings. The third-order valence-corrected chi connectivity index (χ3v) is 2.08. The average Bonchev–Trinajstić information content (AvgIpc) is 2.25. The van der Waals surface area contributed by atoms with Crippen LogP contribution >= 0.6 is 0 Å². The van der Waals surface area contributed by atoms with Crippen molar-refractivity contribution >= 4 is 0 Å². The van der Waals surface area contributed by atoms with Gasteiger partial charge in [-0.25, -0.2) is 0 Å². The predicted octanol–water partition coefficient (Wildman–Crippen LogP) is 1.49. The topological polar surface area (TPSA) is 68.3 Å². The molecule has 1 aromatic carbocycles. The molecule has 0 aliphatic rings. The van der Waals surface area contributed by atoms with E-state index in [0.29, 0.717) is 11.5 Å². The van der Waals surface area contributed by atoms with Gasteiger partial charge in [0.25, 0.3) is 0 Å². The predicted molar refractivity (Wildman–Crippen MR) is 61.5 cm³/mol. The van der Waals surface area contributed by atoms with Crippen molar-refractivity contribution in [2.75, 3.05) is 13.7 Å². The number of nitrogens with zero attached hydrogens (tertiary/aromatic N) is 1. The largest absolute Gasteiger partial charge is 0.493 e. The first-order valence-electron chi connectivity index (χ1n) is 5.09. The van der Waals surface area contributed by atoms with Crippen LogP contribution in [0.5, 0.6) is 11.5 Å². The fourth-order valence-electron chi connectivity index (χ4n) is 1.44. The van der Waals surface area contributed by atoms with Crippen LogP contribution in [0.25, 0.3) is 0 Å². The number of nitriles is 1. The lowest BCUT2D eigenvalue weighted by Crippen LogP contribution is -2.17. The van der Waals surface area contributed by atoms with Crippen LogP contribution in [0.15, 0.2) is 18.2 Å². The van der Waals surface area contributed by atoms with Gasteiger partial charge in [-0.3, -0.25) is 0 Å². The van der Waals surface area contributed by atoms with Crippen LogP contribution in [0, 0.1) is 11.3 Å². The van der Waals surface area contributed by atoms with Gasteiger partial charge in [0.15, 0.2) is 18.1 Å². The van der Waals surface area contributed by atoms with E-state index >= 15 is 0 Å². The second kappa shape index (κ2) is 5.99. The number of methoxy groups -OCH3 is 1. The van der Waals surface area contributed by atoms with E-state index in [-0.39, 0.29) is 12.6 Å². The highest BCUT2D eigenvalue weighted by molar-refractivity contribution is 5.43. The van der Waals surface area contributed by atoms with Crippen LogP contribution in [0.4, 0.5) is 0 Å². The Hall–Kier alpha value is -1.73. The van der Waals surface area contributed by atoms with E-state index in [0.717, 1.165) is 12.0 Å². The maximum Gasteiger partial charge on any atom is 0.174 e. The molecule has 1 rings (SSSR count). The van der Waals surface area contributed by atoms with Gasteiger partial charge in [0.1, 0.15) is 6.07 Å². The summed E-state index contributed by atoms with van der Waals surface area (Å²) in [4.78, 5) is 0. The van der Waals surface area contributed by atoms with Gasteiger partial charge in [0.05, 0.1) is 7.11 Å². The van der Waals surface area contributed by atoms with E-state index in [2.05, 4.69) is 0 Å². The molecule has 4 nitrogen and oxygen atoms in total. The van der Waals surface area contributed by atoms with E-state index in [4.69, 9.17) is 20.5 Å². The Kier molecular flexibility index (Phi) is 4.62. The molecule has 0 heterocycles. The minimum Gasteiger partial charge on any atom is -0.493 e. The Morgan fingerprint density at radius 1 is 1.44 bits per heavy atom. The van der Waals surface area contributed by atoms with E-state index in [1.807, 2.05) is 31.2 Å². The molecular formula is C12H16N2O2. The quantitative estimate of drug-likeness (QED) is 0.816. The molecular weight excluding hydrogens is 204 g/mol. The Labute approximate surface area is 95.6 Å². The highest BCUT2D eigenvalue weighted by Gasteiger charge is 2.06. The first-order chi connectivity index (χ1) is 7.67. The number of rotatable bonds is 5. The first-order valence-corrected chi connectivity index (χ1v) is 5.09. The molecule has 1 unspecified atom stereocenters. The molecule has 0 aromatic heterocycles. The molecule has 4 heteroatoms. The molecule has 2 N–H and O–H groups in total. The number of benzene rings is 1. The average molecular weight is 220 g/mol. The van der Waals surface area contributed by atoms with E-state index in [9.17, 15) is 0 Å². The fraction of sp³-hybridized carbons (Fsp3) is 0.417. The van der Waals surface area contributed by atoms with Crippen LogP contribution in [-0.2, 0) is 6.42 Å². The summed E-state index contributed by atoms with van der Waals surface area (Å²) in [7, 11) is 1.57. The minimum absolute atomic E-state index is 0.0119. The minimum atomic E-state index is 0.0119. The lowest BCUT2D eigenvalue weighted by molar-refractivity contribution is 0.329. The molecule has 0 aliphatic heterocycles. The molecule has 1 aromatic rings. The maximum absolute atomic E-state index is 8.47. The van der Waals surface area contributed by atoms with Gasteiger partial charge in [-0.05, 0) is 31.0 Å². The van der Waals surface area contributed by atoms with Crippen molar-refractivity contribution in [3.8, 4) is 17.6 Å². The van der Waals surface area contributed by atoms with Gasteiger partial charge in [0, 0.05) is 6.04 Å². The molecule has 0 amide bonds. The van der Waals surface area contributed by atoms with Gasteiger partial charge in [0.2, 0.25) is 0 Å². The smallest absolute Gasteiger partial charge is 0.174 e. The number of hydrogen-bond acceptors (Lipinski definition) is 4. The first kappa shape index (κ1) is 12.3. The van der Waals surface area contributed by atoms with Crippen LogP contribution in [0.1, 0.15) is 12.5 Å². The third kappa shape index (κ3) is 3.44. The molecule has 0 spiro atoms. The SMILES string of the molecule is COc1ccc(CC(C)N)cc1OCC#N. The Balaban J connectivity index is 2.88. The van der Waals surface area contributed by atoms with Gasteiger partial charge < -0.3 is 15.2 Å². The van der Waals surface area contributed by atoms with Gasteiger partial charge in [-0.15, -0.1) is 0 Å². The molecule has 0 bridgehead atoms. The summed E-state index contributed by atoms with van der Waals surface area (Å²) in [6.07, 6.45) is 0.771. The zero-order valence-corrected chi connectivity index (χ0v) is 9.56. The Morgan fingerprint density at radius 3 is 2.75 bits per heavy atom. The summed E-state index contributed by atoms with van der Waals surface area (Å²) in [5, 5.41) is 8.47. The zero-order chi connectivity index (χ0) is 12.0. The molecule has 1 atom stereocenters. The van der Waals surface area contributed by atoms with Crippen LogP contribution in [0.2, 0.25) is 0 Å². The normalized spacial score (nSPS) is 11.6. The Morgan fingerprint density at radius 2 is 2.19 bits per heavy atom. The van der Waals surface area contributed by atoms with Crippen LogP contribution in [-0.4, -0.2) is 19.8 Å². The molecule has 0 saturated carbocycles. The summed E-state index contributed by atoms with van der Waals surface area (Å²) in [5.74, 6) is 1.21. The van der Waals surface area contributed by atoms with E-state index in [1.165, 1.54) is 0 Å². The van der Waals surface area contributed by atoms with Crippen LogP contribution in [0.3, 0.4) is 0 Å².